The molecule has 0 aliphatic carbocycles. The lowest BCUT2D eigenvalue weighted by molar-refractivity contribution is -0.385. The van der Waals surface area contributed by atoms with E-state index in [-0.39, 0.29) is 33.9 Å². The Balaban J connectivity index is 1.16. The van der Waals surface area contributed by atoms with Crippen molar-refractivity contribution in [3.63, 3.8) is 0 Å². The van der Waals surface area contributed by atoms with E-state index in [0.717, 1.165) is 22.5 Å². The molecule has 0 spiro atoms. The van der Waals surface area contributed by atoms with Crippen LogP contribution >= 0.6 is 23.5 Å². The summed E-state index contributed by atoms with van der Waals surface area (Å²) in [5.41, 5.74) is 4.91. The summed E-state index contributed by atoms with van der Waals surface area (Å²) in [6.07, 6.45) is 0.634. The summed E-state index contributed by atoms with van der Waals surface area (Å²) in [7, 11) is 0. The van der Waals surface area contributed by atoms with E-state index in [1.807, 2.05) is 48.5 Å². The highest BCUT2D eigenvalue weighted by Crippen LogP contribution is 2.44. The van der Waals surface area contributed by atoms with E-state index in [0.29, 0.717) is 29.1 Å². The second-order valence-corrected chi connectivity index (χ2v) is 12.2. The van der Waals surface area contributed by atoms with E-state index in [2.05, 4.69) is 0 Å². The van der Waals surface area contributed by atoms with Crippen LogP contribution in [0.2, 0.25) is 0 Å². The average Bonchev–Trinajstić information content (AvgIpc) is 3.60. The summed E-state index contributed by atoms with van der Waals surface area (Å²) in [6.45, 7) is 0. The molecule has 2 aliphatic heterocycles. The lowest BCUT2D eigenvalue weighted by Gasteiger charge is -2.25. The largest absolute Gasteiger partial charge is 0.295 e. The Morgan fingerprint density at radius 2 is 1.02 bits per heavy atom. The molecule has 2 saturated heterocycles. The predicted octanol–water partition coefficient (Wildman–Crippen LogP) is 6.65. The standard InChI is InChI=1S/C31H24N4O6S2/c36-28-18-42-30(22-3-1-5-26(16-22)34(38)39)32(28)24-11-7-20(8-12-24)15-21-9-13-25(14-10-21)33-29(37)19-43-31(33)23-4-2-6-27(17-23)35(40)41/h1-14,16-17,30-31H,15,18-19H2. The second kappa shape index (κ2) is 11.9. The molecule has 6 rings (SSSR count). The van der Waals surface area contributed by atoms with E-state index >= 15 is 0 Å². The lowest BCUT2D eigenvalue weighted by atomic mass is 10.0. The van der Waals surface area contributed by atoms with Gasteiger partial charge in [-0.2, -0.15) is 0 Å². The van der Waals surface area contributed by atoms with Gasteiger partial charge in [0.2, 0.25) is 11.8 Å². The molecule has 2 fully saturated rings. The summed E-state index contributed by atoms with van der Waals surface area (Å²) in [4.78, 5) is 50.6. The quantitative estimate of drug-likeness (QED) is 0.160. The van der Waals surface area contributed by atoms with Crippen molar-refractivity contribution in [1.29, 1.82) is 0 Å². The van der Waals surface area contributed by atoms with E-state index in [1.165, 1.54) is 47.8 Å². The van der Waals surface area contributed by atoms with Gasteiger partial charge in [0.15, 0.2) is 0 Å². The summed E-state index contributed by atoms with van der Waals surface area (Å²) in [6, 6.07) is 28.2. The number of rotatable bonds is 8. The maximum Gasteiger partial charge on any atom is 0.269 e. The van der Waals surface area contributed by atoms with Gasteiger partial charge in [0, 0.05) is 35.6 Å². The molecular weight excluding hydrogens is 588 g/mol. The topological polar surface area (TPSA) is 127 Å². The highest BCUT2D eigenvalue weighted by atomic mass is 32.2. The third kappa shape index (κ3) is 5.84. The van der Waals surface area contributed by atoms with Crippen LogP contribution in [0.5, 0.6) is 0 Å². The molecule has 0 radical (unpaired) electrons. The average molecular weight is 613 g/mol. The third-order valence-corrected chi connectivity index (χ3v) is 9.73. The first kappa shape index (κ1) is 28.4. The van der Waals surface area contributed by atoms with Crippen LogP contribution in [-0.2, 0) is 16.0 Å². The van der Waals surface area contributed by atoms with Crippen LogP contribution in [0.15, 0.2) is 97.1 Å². The van der Waals surface area contributed by atoms with Crippen molar-refractivity contribution in [3.8, 4) is 0 Å². The van der Waals surface area contributed by atoms with Gasteiger partial charge >= 0.3 is 0 Å². The Morgan fingerprint density at radius 1 is 0.628 bits per heavy atom. The van der Waals surface area contributed by atoms with E-state index < -0.39 is 9.85 Å². The van der Waals surface area contributed by atoms with Crippen LogP contribution in [0, 0.1) is 20.2 Å². The first-order valence-electron chi connectivity index (χ1n) is 13.3. The van der Waals surface area contributed by atoms with Gasteiger partial charge in [-0.25, -0.2) is 0 Å². The number of nitro benzene ring substituents is 2. The van der Waals surface area contributed by atoms with Gasteiger partial charge in [-0.05, 0) is 52.9 Å². The van der Waals surface area contributed by atoms with E-state index in [1.54, 1.807) is 34.1 Å². The van der Waals surface area contributed by atoms with Gasteiger partial charge in [0.1, 0.15) is 10.7 Å². The minimum atomic E-state index is -0.436. The Bertz CT molecular complexity index is 1600. The van der Waals surface area contributed by atoms with Crippen molar-refractivity contribution in [2.75, 3.05) is 21.3 Å². The van der Waals surface area contributed by atoms with Crippen LogP contribution < -0.4 is 9.80 Å². The molecule has 43 heavy (non-hydrogen) atoms. The number of anilines is 2. The Morgan fingerprint density at radius 3 is 1.40 bits per heavy atom. The Labute approximate surface area is 255 Å². The van der Waals surface area contributed by atoms with Crippen molar-refractivity contribution < 1.29 is 19.4 Å². The summed E-state index contributed by atoms with van der Waals surface area (Å²) in [5, 5.41) is 21.8. The van der Waals surface area contributed by atoms with Gasteiger partial charge in [0.05, 0.1) is 21.4 Å². The van der Waals surface area contributed by atoms with Crippen molar-refractivity contribution in [2.45, 2.75) is 17.2 Å². The lowest BCUT2D eigenvalue weighted by Crippen LogP contribution is -2.27. The van der Waals surface area contributed by atoms with Crippen molar-refractivity contribution in [3.05, 3.63) is 140 Å². The predicted molar refractivity (Wildman–Crippen MR) is 167 cm³/mol. The van der Waals surface area contributed by atoms with Crippen LogP contribution in [0.4, 0.5) is 22.7 Å². The minimum Gasteiger partial charge on any atom is -0.295 e. The molecule has 0 aromatic heterocycles. The fourth-order valence-corrected chi connectivity index (χ4v) is 7.60. The molecule has 2 unspecified atom stereocenters. The fraction of sp³-hybridized carbons (Fsp3) is 0.161. The monoisotopic (exact) mass is 612 g/mol. The van der Waals surface area contributed by atoms with Crippen LogP contribution in [0.3, 0.4) is 0 Å². The molecule has 2 aliphatic rings. The van der Waals surface area contributed by atoms with E-state index in [4.69, 9.17) is 0 Å². The first-order chi connectivity index (χ1) is 20.8. The Kier molecular flexibility index (Phi) is 7.87. The fourth-order valence-electron chi connectivity index (χ4n) is 5.27. The molecule has 216 valence electrons. The normalized spacial score (nSPS) is 18.3. The summed E-state index contributed by atoms with van der Waals surface area (Å²) in [5.74, 6) is 0.481. The van der Waals surface area contributed by atoms with Crippen LogP contribution in [-0.4, -0.2) is 33.2 Å². The highest BCUT2D eigenvalue weighted by molar-refractivity contribution is 8.01. The molecule has 0 N–H and O–H groups in total. The second-order valence-electron chi connectivity index (χ2n) is 10.1. The maximum absolute atomic E-state index is 12.8. The number of non-ortho nitro benzene ring substituents is 2. The Hall–Kier alpha value is -4.68. The first-order valence-corrected chi connectivity index (χ1v) is 15.4. The molecule has 2 heterocycles. The number of hydrogen-bond acceptors (Lipinski definition) is 8. The number of nitro groups is 2. The number of amides is 2. The molecule has 2 amide bonds. The van der Waals surface area contributed by atoms with Gasteiger partial charge in [0.25, 0.3) is 11.4 Å². The number of hydrogen-bond donors (Lipinski definition) is 0. The van der Waals surface area contributed by atoms with Crippen LogP contribution in [0.1, 0.15) is 33.0 Å². The van der Waals surface area contributed by atoms with Gasteiger partial charge < -0.3 is 0 Å². The van der Waals surface area contributed by atoms with Crippen molar-refractivity contribution in [1.82, 2.24) is 0 Å². The number of nitrogens with zero attached hydrogens (tertiary/aromatic N) is 4. The zero-order valence-corrected chi connectivity index (χ0v) is 24.2. The summed E-state index contributed by atoms with van der Waals surface area (Å²) < 4.78 is 0. The minimum absolute atomic E-state index is 0.00817. The van der Waals surface area contributed by atoms with Crippen LogP contribution in [0.25, 0.3) is 0 Å². The molecule has 12 heteroatoms. The number of thioether (sulfide) groups is 2. The molecule has 10 nitrogen and oxygen atoms in total. The molecule has 4 aromatic rings. The number of carbonyl (C=O) groups excluding carboxylic acids is 2. The molecule has 4 aromatic carbocycles. The number of carbonyl (C=O) groups is 2. The SMILES string of the molecule is O=C1CSC(c2cccc([N+](=O)[O-])c2)N1c1ccc(Cc2ccc(N3C(=O)CSC3c3cccc([N+](=O)[O-])c3)cc2)cc1. The molecule has 2 atom stereocenters. The highest BCUT2D eigenvalue weighted by Gasteiger charge is 2.36. The van der Waals surface area contributed by atoms with Crippen molar-refractivity contribution >= 4 is 58.1 Å². The van der Waals surface area contributed by atoms with E-state index in [9.17, 15) is 29.8 Å². The van der Waals surface area contributed by atoms with Crippen molar-refractivity contribution in [2.24, 2.45) is 0 Å². The number of benzene rings is 4. The van der Waals surface area contributed by atoms with Gasteiger partial charge in [-0.3, -0.25) is 39.6 Å². The molecule has 0 saturated carbocycles. The third-order valence-electron chi connectivity index (χ3n) is 7.31. The summed E-state index contributed by atoms with van der Waals surface area (Å²) >= 11 is 2.88. The van der Waals surface area contributed by atoms with Gasteiger partial charge in [-0.15, -0.1) is 23.5 Å². The smallest absolute Gasteiger partial charge is 0.269 e. The zero-order chi connectivity index (χ0) is 30.1. The van der Waals surface area contributed by atoms with Gasteiger partial charge in [-0.1, -0.05) is 48.5 Å². The molecule has 0 bridgehead atoms. The maximum atomic E-state index is 12.8. The molecular formula is C31H24N4O6S2. The zero-order valence-electron chi connectivity index (χ0n) is 22.6.